The summed E-state index contributed by atoms with van der Waals surface area (Å²) >= 11 is 0. The summed E-state index contributed by atoms with van der Waals surface area (Å²) in [4.78, 5) is 0. The number of hydrogen-bond donors (Lipinski definition) is 0. The standard InChI is InChI=1S/H170Si84/c1-3-5-7-9-11-13-15-17-19-21-23-25-27-29-31-33-35-37-39-41-43-45-47-49-51-53-55-57-59-61-63-65-67-69-71-73-75-77-79-81-83-84-82-80-78-76-74-72-70-68-66-64-62-60-58-56-54-52-50-48-46-44-42-40-38-36-34-32-30-28-26-24-22-20-18-16-14-12-10-8-6-4-2/h3-84H2,1-2H3. The molecule has 0 aromatic heterocycles. The molecule has 0 bridgehead atoms. The van der Waals surface area contributed by atoms with Crippen molar-refractivity contribution in [3.8, 4) is 0 Å². The van der Waals surface area contributed by atoms with Gasteiger partial charge in [0.2, 0.25) is 0 Å². The maximum atomic E-state index is 1.76. The quantitative estimate of drug-likeness (QED) is 0.0421. The summed E-state index contributed by atoms with van der Waals surface area (Å²) in [5.74, 6) is 0. The monoisotopic (exact) mass is 2520 g/mol. The van der Waals surface area contributed by atoms with Crippen molar-refractivity contribution >= 4 is 721 Å². The highest BCUT2D eigenvalue weighted by Gasteiger charge is 2.07. The van der Waals surface area contributed by atoms with Crippen LogP contribution in [0, 0.1) is 0 Å². The second-order valence-corrected chi connectivity index (χ2v) is 791. The van der Waals surface area contributed by atoms with Gasteiger partial charge in [0.05, 0.1) is 0 Å². The summed E-state index contributed by atoms with van der Waals surface area (Å²) in [6.07, 6.45) is 0. The second kappa shape index (κ2) is 101. The van der Waals surface area contributed by atoms with E-state index in [4.69, 9.17) is 0 Å². The van der Waals surface area contributed by atoms with Crippen LogP contribution in [0.1, 0.15) is 0 Å². The van der Waals surface area contributed by atoms with Crippen molar-refractivity contribution < 1.29 is 0 Å². The van der Waals surface area contributed by atoms with Gasteiger partial charge in [-0.15, -0.1) is 0 Å². The van der Waals surface area contributed by atoms with E-state index in [1.807, 2.05) is 0 Å². The molecule has 0 aliphatic rings. The van der Waals surface area contributed by atoms with Crippen molar-refractivity contribution in [3.05, 3.63) is 0 Å². The lowest BCUT2D eigenvalue weighted by atomic mass is 26.1. The van der Waals surface area contributed by atoms with Gasteiger partial charge in [-0.2, -0.15) is 0 Å². The van der Waals surface area contributed by atoms with Crippen molar-refractivity contribution in [3.63, 3.8) is 0 Å². The third kappa shape index (κ3) is 100. The highest BCUT2D eigenvalue weighted by molar-refractivity contribution is 7.83. The van der Waals surface area contributed by atoms with Gasteiger partial charge < -0.3 is 0 Å². The molecule has 0 saturated carbocycles. The predicted molar refractivity (Wildman–Crippen MR) is 720 cm³/mol. The fourth-order valence-electron chi connectivity index (χ4n) is 14.3. The molecule has 84 heavy (non-hydrogen) atoms. The van der Waals surface area contributed by atoms with E-state index >= 15 is 0 Å². The average molecular weight is 2530 g/mol. The lowest BCUT2D eigenvalue weighted by molar-refractivity contribution is 3.76. The molecule has 0 rings (SSSR count). The molecule has 84 heteroatoms. The highest BCUT2D eigenvalue weighted by atomic mass is 30.2. The van der Waals surface area contributed by atoms with Crippen LogP contribution in [0.2, 0.25) is 0 Å². The smallest absolute Gasteiger partial charge is 0.00934 e. The predicted octanol–water partition coefficient (Wildman–Crippen LogP) is -77.5. The van der Waals surface area contributed by atoms with Crippen molar-refractivity contribution in [2.24, 2.45) is 0 Å². The molecule has 0 aliphatic carbocycles. The van der Waals surface area contributed by atoms with E-state index in [1.54, 1.807) is 19.5 Å². The molecule has 0 aliphatic heterocycles. The van der Waals surface area contributed by atoms with Crippen LogP contribution in [0.5, 0.6) is 0 Å². The van der Waals surface area contributed by atoms with E-state index in [1.165, 1.54) is 0 Å². The van der Waals surface area contributed by atoms with Crippen LogP contribution in [0.3, 0.4) is 0 Å². The van der Waals surface area contributed by atoms with Gasteiger partial charge in [-0.25, -0.2) is 0 Å². The Hall–Kier alpha value is 18.2. The molecule has 0 spiro atoms. The minimum absolute atomic E-state index is 0.819. The van der Waals surface area contributed by atoms with Gasteiger partial charge in [-0.1, -0.05) is 0 Å². The summed E-state index contributed by atoms with van der Waals surface area (Å²) < 4.78 is 0. The zero-order valence-corrected chi connectivity index (χ0v) is 180. The first-order valence-corrected chi connectivity index (χ1v) is 377. The second-order valence-electron chi connectivity index (χ2n) is 29.3. The summed E-state index contributed by atoms with van der Waals surface area (Å²) in [6.45, 7) is 0. The maximum absolute atomic E-state index is 1.76. The lowest BCUT2D eigenvalue weighted by Crippen LogP contribution is -2.38. The zero-order valence-electron chi connectivity index (χ0n) is 60.0. The SMILES string of the molecule is [SiH3][SiH2][SiH2][SiH2][SiH2][SiH2][SiH2][SiH2][SiH2][SiH2][SiH2][SiH2][SiH2][SiH2][SiH2][SiH2][SiH2][SiH2][SiH2][SiH2][SiH2][SiH2][SiH2][SiH2][SiH2][SiH2][SiH2][SiH2][SiH2][SiH2][SiH2][SiH2][SiH2][SiH2][SiH2][SiH2][SiH2][SiH2][SiH2][SiH2][SiH2][SiH2][SiH2][SiH2][SiH2][SiH2][SiH2][SiH2][SiH2][SiH2][SiH2][SiH2][SiH2][SiH2][SiH2][SiH2][SiH2][SiH2][SiH2][SiH2][SiH2][SiH2][SiH2][SiH2][SiH2][SiH2][SiH2][SiH2][SiH2][SiH2][SiH2][SiH2][SiH2][SiH2][SiH2][SiH2][SiH2][SiH2][SiH2][SiH2][SiH2][SiH2][SiH2][SiH3]. The first-order chi connectivity index (χ1) is 41.9. The zero-order chi connectivity index (χ0) is 60.0. The molecular formula is H170Si84. The van der Waals surface area contributed by atoms with Gasteiger partial charge in [0, 0.05) is 0 Å². The van der Waals surface area contributed by atoms with Gasteiger partial charge in [0.25, 0.3) is 0 Å². The molecule has 506 valence electrons. The van der Waals surface area contributed by atoms with Crippen LogP contribution < -0.4 is 0 Å². The van der Waals surface area contributed by atoms with Crippen LogP contribution in [-0.2, 0) is 0 Å². The molecule has 0 atom stereocenters. The Morgan fingerprint density at radius 3 is 0.131 bits per heavy atom. The topological polar surface area (TPSA) is 0 Å². The van der Waals surface area contributed by atoms with Gasteiger partial charge in [0.15, 0.2) is 0 Å². The van der Waals surface area contributed by atoms with Crippen LogP contribution in [-0.4, -0.2) is 721 Å². The molecule has 0 N–H and O–H groups in total. The van der Waals surface area contributed by atoms with E-state index in [0.29, 0.717) is 0 Å². The molecule has 0 unspecified atom stereocenters. The Labute approximate surface area is 706 Å². The largest absolute Gasteiger partial charge is 0.0120 e. The van der Waals surface area contributed by atoms with E-state index in [-0.39, 0.29) is 0 Å². The maximum Gasteiger partial charge on any atom is -0.00934 e. The molecule has 0 radical (unpaired) electrons. The molecule has 0 amide bonds. The summed E-state index contributed by atoms with van der Waals surface area (Å²) in [5.41, 5.74) is 0. The van der Waals surface area contributed by atoms with E-state index < -0.39 is 0 Å². The third-order valence-electron chi connectivity index (χ3n) is 20.5. The Kier molecular flexibility index (Phi) is 123. The molecular weight excluding hydrogens is 2360 g/mol. The van der Waals surface area contributed by atoms with Gasteiger partial charge in [-0.05, 0) is 721 Å². The fourth-order valence-corrected chi connectivity index (χ4v) is 3470. The van der Waals surface area contributed by atoms with Crippen LogP contribution in [0.4, 0.5) is 0 Å². The normalized spacial score (nSPS) is 23.6. The Balaban J connectivity index is 3.08. The van der Waals surface area contributed by atoms with E-state index in [9.17, 15) is 0 Å². The van der Waals surface area contributed by atoms with E-state index in [0.717, 1.165) is 701 Å². The van der Waals surface area contributed by atoms with Crippen molar-refractivity contribution in [1.29, 1.82) is 0 Å². The third-order valence-corrected chi connectivity index (χ3v) is 1660. The van der Waals surface area contributed by atoms with Gasteiger partial charge >= 0.3 is 0 Å². The Morgan fingerprint density at radius 1 is 0.0595 bits per heavy atom. The van der Waals surface area contributed by atoms with Crippen LogP contribution >= 0.6 is 0 Å². The molecule has 0 heterocycles. The molecule has 0 aromatic carbocycles. The Morgan fingerprint density at radius 2 is 0.0952 bits per heavy atom. The lowest BCUT2D eigenvalue weighted by Gasteiger charge is -2.01. The van der Waals surface area contributed by atoms with Crippen LogP contribution in [0.15, 0.2) is 0 Å². The number of hydrogen-bond acceptors (Lipinski definition) is 0. The Bertz CT molecular complexity index is 961. The molecule has 0 fully saturated rings. The van der Waals surface area contributed by atoms with E-state index in [2.05, 4.69) is 0 Å². The van der Waals surface area contributed by atoms with Crippen molar-refractivity contribution in [2.75, 3.05) is 0 Å². The van der Waals surface area contributed by atoms with Crippen LogP contribution in [0.25, 0.3) is 0 Å². The first kappa shape index (κ1) is 102. The van der Waals surface area contributed by atoms with Crippen molar-refractivity contribution in [2.45, 2.75) is 0 Å². The summed E-state index contributed by atoms with van der Waals surface area (Å²) in [7, 11) is 80.3. The van der Waals surface area contributed by atoms with Crippen molar-refractivity contribution in [1.82, 2.24) is 0 Å². The summed E-state index contributed by atoms with van der Waals surface area (Å²) in [5, 5.41) is 0. The average Bonchev–Trinajstić information content (AvgIpc) is 3.50. The fraction of sp³-hybridized carbons (Fsp3) is 0. The molecule has 0 nitrogen and oxygen atoms in total. The minimum Gasteiger partial charge on any atom is -0.0120 e. The molecule has 0 aromatic rings. The molecule has 0 saturated heterocycles. The summed E-state index contributed by atoms with van der Waals surface area (Å²) in [6, 6.07) is 0. The highest BCUT2D eigenvalue weighted by Crippen LogP contribution is 1.69. The minimum atomic E-state index is 0.819. The first-order valence-electron chi connectivity index (χ1n) is 41.9. The van der Waals surface area contributed by atoms with Gasteiger partial charge in [-0.3, -0.25) is 0 Å². The number of rotatable bonds is 81. The van der Waals surface area contributed by atoms with Gasteiger partial charge in [0.1, 0.15) is 0 Å².